The third-order valence-electron chi connectivity index (χ3n) is 2.63. The molecule has 0 N–H and O–H groups in total. The van der Waals surface area contributed by atoms with Crippen molar-refractivity contribution in [2.75, 3.05) is 11.5 Å². The summed E-state index contributed by atoms with van der Waals surface area (Å²) in [6.07, 6.45) is 6.84. The van der Waals surface area contributed by atoms with Gasteiger partial charge in [-0.2, -0.15) is 0 Å². The van der Waals surface area contributed by atoms with Crippen LogP contribution in [0, 0.1) is 0 Å². The molecule has 84 valence electrons. The summed E-state index contributed by atoms with van der Waals surface area (Å²) >= 11 is 6.10. The average Bonchev–Trinajstić information content (AvgIpc) is 2.68. The van der Waals surface area contributed by atoms with Crippen LogP contribution in [0.15, 0.2) is 15.2 Å². The SMILES string of the molecule is CCCCCCc1scc2c1SCCS2. The van der Waals surface area contributed by atoms with Gasteiger partial charge in [-0.15, -0.1) is 34.9 Å². The molecule has 0 saturated heterocycles. The van der Waals surface area contributed by atoms with E-state index in [9.17, 15) is 0 Å². The maximum absolute atomic E-state index is 2.36. The molecule has 0 aliphatic carbocycles. The highest BCUT2D eigenvalue weighted by Gasteiger charge is 2.15. The predicted octanol–water partition coefficient (Wildman–Crippen LogP) is 5.07. The van der Waals surface area contributed by atoms with Gasteiger partial charge in [0.1, 0.15) is 0 Å². The molecule has 1 aliphatic rings. The highest BCUT2D eigenvalue weighted by atomic mass is 32.2. The van der Waals surface area contributed by atoms with Gasteiger partial charge in [0, 0.05) is 31.6 Å². The second-order valence-electron chi connectivity index (χ2n) is 3.86. The minimum Gasteiger partial charge on any atom is -0.147 e. The molecule has 0 spiro atoms. The number of hydrogen-bond acceptors (Lipinski definition) is 3. The molecule has 1 aromatic heterocycles. The minimum absolute atomic E-state index is 1.30. The lowest BCUT2D eigenvalue weighted by molar-refractivity contribution is 0.667. The molecular formula is C12H18S3. The molecule has 0 fully saturated rings. The van der Waals surface area contributed by atoms with Crippen molar-refractivity contribution in [1.29, 1.82) is 0 Å². The fourth-order valence-corrected chi connectivity index (χ4v) is 5.69. The van der Waals surface area contributed by atoms with Crippen molar-refractivity contribution in [3.05, 3.63) is 10.3 Å². The van der Waals surface area contributed by atoms with Crippen LogP contribution in [0.4, 0.5) is 0 Å². The number of aryl methyl sites for hydroxylation is 1. The van der Waals surface area contributed by atoms with Crippen LogP contribution in [0.3, 0.4) is 0 Å². The molecule has 2 rings (SSSR count). The Hall–Kier alpha value is 0.400. The monoisotopic (exact) mass is 258 g/mol. The molecule has 0 unspecified atom stereocenters. The van der Waals surface area contributed by atoms with Gasteiger partial charge in [-0.3, -0.25) is 0 Å². The van der Waals surface area contributed by atoms with Gasteiger partial charge < -0.3 is 0 Å². The van der Waals surface area contributed by atoms with Gasteiger partial charge in [-0.1, -0.05) is 26.2 Å². The van der Waals surface area contributed by atoms with Gasteiger partial charge in [0.15, 0.2) is 0 Å². The van der Waals surface area contributed by atoms with Gasteiger partial charge in [-0.05, 0) is 12.8 Å². The summed E-state index contributed by atoms with van der Waals surface area (Å²) in [5.41, 5.74) is 0. The number of fused-ring (bicyclic) bond motifs is 1. The van der Waals surface area contributed by atoms with E-state index in [-0.39, 0.29) is 0 Å². The van der Waals surface area contributed by atoms with Crippen molar-refractivity contribution in [1.82, 2.24) is 0 Å². The maximum Gasteiger partial charge on any atom is 0.0348 e. The molecule has 0 bridgehead atoms. The molecule has 3 heteroatoms. The van der Waals surface area contributed by atoms with Crippen LogP contribution in [0.2, 0.25) is 0 Å². The van der Waals surface area contributed by atoms with E-state index in [1.807, 2.05) is 23.1 Å². The molecule has 0 saturated carbocycles. The number of unbranched alkanes of at least 4 members (excludes halogenated alkanes) is 3. The summed E-state index contributed by atoms with van der Waals surface area (Å²) in [6, 6.07) is 0. The Morgan fingerprint density at radius 1 is 1.13 bits per heavy atom. The normalized spacial score (nSPS) is 15.3. The zero-order valence-corrected chi connectivity index (χ0v) is 11.7. The largest absolute Gasteiger partial charge is 0.147 e. The van der Waals surface area contributed by atoms with Crippen molar-refractivity contribution in [2.24, 2.45) is 0 Å². The Kier molecular flexibility index (Phi) is 4.92. The van der Waals surface area contributed by atoms with E-state index < -0.39 is 0 Å². The lowest BCUT2D eigenvalue weighted by atomic mass is 10.1. The molecule has 15 heavy (non-hydrogen) atoms. The number of thiophene rings is 1. The summed E-state index contributed by atoms with van der Waals surface area (Å²) < 4.78 is 0. The third-order valence-corrected chi connectivity index (χ3v) is 6.55. The number of hydrogen-bond donors (Lipinski definition) is 0. The molecule has 0 radical (unpaired) electrons. The minimum atomic E-state index is 1.30. The zero-order chi connectivity index (χ0) is 10.5. The summed E-state index contributed by atoms with van der Waals surface area (Å²) in [5, 5.41) is 2.36. The second-order valence-corrected chi connectivity index (χ2v) is 7.07. The fourth-order valence-electron chi connectivity index (χ4n) is 1.80. The van der Waals surface area contributed by atoms with Crippen LogP contribution in [-0.4, -0.2) is 11.5 Å². The van der Waals surface area contributed by atoms with E-state index >= 15 is 0 Å². The highest BCUT2D eigenvalue weighted by molar-refractivity contribution is 8.05. The van der Waals surface area contributed by atoms with E-state index in [4.69, 9.17) is 0 Å². The van der Waals surface area contributed by atoms with E-state index in [2.05, 4.69) is 24.1 Å². The van der Waals surface area contributed by atoms with Crippen molar-refractivity contribution in [3.8, 4) is 0 Å². The Bertz CT molecular complexity index is 304. The Morgan fingerprint density at radius 3 is 2.87 bits per heavy atom. The van der Waals surface area contributed by atoms with Crippen molar-refractivity contribution in [3.63, 3.8) is 0 Å². The summed E-state index contributed by atoms with van der Waals surface area (Å²) in [4.78, 5) is 4.83. The summed E-state index contributed by atoms with van der Waals surface area (Å²) in [6.45, 7) is 2.28. The first-order valence-electron chi connectivity index (χ1n) is 5.77. The fraction of sp³-hybridized carbons (Fsp3) is 0.667. The molecule has 1 aliphatic heterocycles. The van der Waals surface area contributed by atoms with Gasteiger partial charge >= 0.3 is 0 Å². The lowest BCUT2D eigenvalue weighted by Crippen LogP contribution is -1.93. The first-order valence-corrected chi connectivity index (χ1v) is 8.63. The van der Waals surface area contributed by atoms with Gasteiger partial charge in [-0.25, -0.2) is 0 Å². The van der Waals surface area contributed by atoms with E-state index in [0.29, 0.717) is 0 Å². The average molecular weight is 258 g/mol. The number of thioether (sulfide) groups is 2. The van der Waals surface area contributed by atoms with Crippen LogP contribution in [0.25, 0.3) is 0 Å². The van der Waals surface area contributed by atoms with Crippen LogP contribution in [0.1, 0.15) is 37.5 Å². The molecule has 1 aromatic rings. The predicted molar refractivity (Wildman–Crippen MR) is 73.6 cm³/mol. The smallest absolute Gasteiger partial charge is 0.0348 e. The molecule has 0 amide bonds. The molecule has 0 aromatic carbocycles. The van der Waals surface area contributed by atoms with Crippen LogP contribution >= 0.6 is 34.9 Å². The molecule has 2 heterocycles. The van der Waals surface area contributed by atoms with E-state index in [1.165, 1.54) is 43.6 Å². The van der Waals surface area contributed by atoms with E-state index in [1.54, 1.807) is 14.7 Å². The second kappa shape index (κ2) is 6.21. The molecule has 0 nitrogen and oxygen atoms in total. The van der Waals surface area contributed by atoms with Gasteiger partial charge in [0.25, 0.3) is 0 Å². The maximum atomic E-state index is 2.36. The Labute approximate surface area is 105 Å². The van der Waals surface area contributed by atoms with Gasteiger partial charge in [0.05, 0.1) is 0 Å². The Balaban J connectivity index is 1.88. The van der Waals surface area contributed by atoms with Crippen molar-refractivity contribution >= 4 is 34.9 Å². The van der Waals surface area contributed by atoms with Crippen LogP contribution in [0.5, 0.6) is 0 Å². The van der Waals surface area contributed by atoms with Crippen LogP contribution in [-0.2, 0) is 6.42 Å². The quantitative estimate of drug-likeness (QED) is 0.676. The summed E-state index contributed by atoms with van der Waals surface area (Å²) in [7, 11) is 0. The first-order chi connectivity index (χ1) is 7.42. The summed E-state index contributed by atoms with van der Waals surface area (Å²) in [5.74, 6) is 2.60. The topological polar surface area (TPSA) is 0 Å². The van der Waals surface area contributed by atoms with Crippen molar-refractivity contribution < 1.29 is 0 Å². The number of rotatable bonds is 5. The Morgan fingerprint density at radius 2 is 2.00 bits per heavy atom. The highest BCUT2D eigenvalue weighted by Crippen LogP contribution is 2.43. The zero-order valence-electron chi connectivity index (χ0n) is 9.25. The lowest BCUT2D eigenvalue weighted by Gasteiger charge is -2.11. The molecule has 0 atom stereocenters. The van der Waals surface area contributed by atoms with Crippen molar-refractivity contribution in [2.45, 2.75) is 48.8 Å². The molecular weight excluding hydrogens is 240 g/mol. The van der Waals surface area contributed by atoms with Gasteiger partial charge in [0.2, 0.25) is 0 Å². The first kappa shape index (κ1) is 11.9. The van der Waals surface area contributed by atoms with Crippen LogP contribution < -0.4 is 0 Å². The standard InChI is InChI=1S/C12H18S3/c1-2-3-4-5-6-10-12-11(9-15-10)13-7-8-14-12/h9H,2-8H2,1H3. The van der Waals surface area contributed by atoms with E-state index in [0.717, 1.165) is 0 Å². The third kappa shape index (κ3) is 3.18.